The number of hydrogen-bond donors (Lipinski definition) is 1. The van der Waals surface area contributed by atoms with Crippen molar-refractivity contribution in [3.05, 3.63) is 18.6 Å². The molecular formula is C18H35SV2-. The van der Waals surface area contributed by atoms with Gasteiger partial charge in [0, 0.05) is 18.6 Å². The van der Waals surface area contributed by atoms with Crippen LogP contribution in [0.4, 0.5) is 0 Å². The van der Waals surface area contributed by atoms with E-state index < -0.39 is 0 Å². The van der Waals surface area contributed by atoms with E-state index in [1.165, 1.54) is 30.9 Å². The normalized spacial score (nSPS) is 23.1. The van der Waals surface area contributed by atoms with Crippen LogP contribution in [0.1, 0.15) is 74.1 Å². The van der Waals surface area contributed by atoms with Crippen molar-refractivity contribution < 1.29 is 37.1 Å². The molecule has 0 nitrogen and oxygen atoms in total. The monoisotopic (exact) mass is 385 g/mol. The van der Waals surface area contributed by atoms with Gasteiger partial charge in [0.15, 0.2) is 0 Å². The van der Waals surface area contributed by atoms with Crippen LogP contribution < -0.4 is 0 Å². The van der Waals surface area contributed by atoms with Crippen LogP contribution in [0.5, 0.6) is 0 Å². The number of rotatable bonds is 4. The van der Waals surface area contributed by atoms with Crippen molar-refractivity contribution in [3.8, 4) is 0 Å². The molecule has 0 aromatic rings. The molecule has 3 heteroatoms. The molecule has 2 radical (unpaired) electrons. The summed E-state index contributed by atoms with van der Waals surface area (Å²) >= 11 is 4.61. The first-order valence-corrected chi connectivity index (χ1v) is 7.88. The minimum Gasteiger partial charge on any atom is -0.366 e. The summed E-state index contributed by atoms with van der Waals surface area (Å²) in [6, 6.07) is 0. The maximum absolute atomic E-state index is 4.61. The van der Waals surface area contributed by atoms with Gasteiger partial charge in [-0.15, -0.1) is 5.41 Å². The maximum atomic E-state index is 4.61. The van der Waals surface area contributed by atoms with Crippen molar-refractivity contribution in [2.75, 3.05) is 0 Å². The van der Waals surface area contributed by atoms with E-state index in [9.17, 15) is 0 Å². The van der Waals surface area contributed by atoms with Gasteiger partial charge in [-0.1, -0.05) is 65.2 Å². The second kappa shape index (κ2) is 10.4. The molecule has 21 heavy (non-hydrogen) atoms. The van der Waals surface area contributed by atoms with Crippen molar-refractivity contribution in [1.82, 2.24) is 0 Å². The molecule has 0 saturated heterocycles. The van der Waals surface area contributed by atoms with Gasteiger partial charge in [-0.2, -0.15) is 26.2 Å². The maximum Gasteiger partial charge on any atom is 2.00 e. The minimum absolute atomic E-state index is 0. The van der Waals surface area contributed by atoms with E-state index in [1.54, 1.807) is 5.92 Å². The molecule has 0 bridgehead atoms. The Kier molecular flexibility index (Phi) is 13.6. The topological polar surface area (TPSA) is 0 Å². The van der Waals surface area contributed by atoms with Gasteiger partial charge in [0.25, 0.3) is 0 Å². The van der Waals surface area contributed by atoms with Crippen LogP contribution in [0.2, 0.25) is 0 Å². The van der Waals surface area contributed by atoms with E-state index >= 15 is 0 Å². The molecule has 0 heterocycles. The van der Waals surface area contributed by atoms with E-state index in [0.29, 0.717) is 10.8 Å². The fourth-order valence-corrected chi connectivity index (χ4v) is 3.42. The van der Waals surface area contributed by atoms with Gasteiger partial charge in [-0.05, 0) is 0 Å². The summed E-state index contributed by atoms with van der Waals surface area (Å²) in [5.41, 5.74) is 0.706. The average Bonchev–Trinajstić information content (AvgIpc) is 2.28. The van der Waals surface area contributed by atoms with Crippen molar-refractivity contribution in [2.45, 2.75) is 74.1 Å². The van der Waals surface area contributed by atoms with Gasteiger partial charge < -0.3 is 26.0 Å². The molecule has 0 spiro atoms. The molecule has 0 unspecified atom stereocenters. The molecule has 0 aromatic heterocycles. The van der Waals surface area contributed by atoms with Crippen LogP contribution in [-0.2, 0) is 37.1 Å². The third-order valence-corrected chi connectivity index (χ3v) is 6.57. The summed E-state index contributed by atoms with van der Waals surface area (Å²) < 4.78 is 0. The van der Waals surface area contributed by atoms with Gasteiger partial charge >= 0.3 is 18.6 Å². The van der Waals surface area contributed by atoms with E-state index in [1.807, 2.05) is 0 Å². The molecule has 0 aromatic carbocycles. The van der Waals surface area contributed by atoms with Crippen LogP contribution in [0.25, 0.3) is 0 Å². The molecule has 1 aliphatic carbocycles. The van der Waals surface area contributed by atoms with Crippen LogP contribution in [0.15, 0.2) is 0 Å². The smallest absolute Gasteiger partial charge is 0.366 e. The predicted molar refractivity (Wildman–Crippen MR) is 91.9 cm³/mol. The van der Waals surface area contributed by atoms with Crippen LogP contribution >= 0.6 is 12.6 Å². The van der Waals surface area contributed by atoms with Crippen molar-refractivity contribution in [1.29, 1.82) is 0 Å². The van der Waals surface area contributed by atoms with Gasteiger partial charge in [0.2, 0.25) is 0 Å². The zero-order valence-electron chi connectivity index (χ0n) is 15.3. The standard InChI is InChI=1S/C17H32S.CH3.2V/c1-12(2)16(4,5)14-8-10-15(11-9-14)17(6,7)13(3)18;;;/h14-15,18H,8-11H2,1-7H3;1H3;;/q-2;-1;;+2. The summed E-state index contributed by atoms with van der Waals surface area (Å²) in [5.74, 6) is 3.27. The quantitative estimate of drug-likeness (QED) is 0.421. The second-order valence-electron chi connectivity index (χ2n) is 7.58. The van der Waals surface area contributed by atoms with E-state index in [0.717, 1.165) is 11.8 Å². The third-order valence-electron chi connectivity index (χ3n) is 5.99. The molecule has 1 fully saturated rings. The molecular weight excluding hydrogens is 350 g/mol. The molecule has 0 atom stereocenters. The van der Waals surface area contributed by atoms with Crippen LogP contribution in [-0.4, -0.2) is 0 Å². The Hall–Kier alpha value is 1.52. The Labute approximate surface area is 164 Å². The number of hydrogen-bond acceptors (Lipinski definition) is 1. The average molecular weight is 385 g/mol. The Balaban J connectivity index is -0.00000108. The molecule has 1 aliphatic rings. The molecule has 1 saturated carbocycles. The van der Waals surface area contributed by atoms with E-state index in [-0.39, 0.29) is 44.5 Å². The van der Waals surface area contributed by atoms with Crippen LogP contribution in [0.3, 0.4) is 0 Å². The summed E-state index contributed by atoms with van der Waals surface area (Å²) in [7, 11) is 0. The molecule has 124 valence electrons. The summed E-state index contributed by atoms with van der Waals surface area (Å²) in [4.78, 5) is 0. The fraction of sp³-hybridized carbons (Fsp3) is 0.833. The summed E-state index contributed by atoms with van der Waals surface area (Å²) in [6.45, 7) is 16.3. The molecule has 0 aliphatic heterocycles. The van der Waals surface area contributed by atoms with Gasteiger partial charge in [0.1, 0.15) is 0 Å². The third kappa shape index (κ3) is 6.50. The first kappa shape index (κ1) is 27.4. The largest absolute Gasteiger partial charge is 2.00 e. The zero-order chi connectivity index (χ0) is 14.1. The van der Waals surface area contributed by atoms with E-state index in [4.69, 9.17) is 0 Å². The van der Waals surface area contributed by atoms with Crippen LogP contribution in [0, 0.1) is 41.3 Å². The van der Waals surface area contributed by atoms with Gasteiger partial charge in [-0.3, -0.25) is 5.25 Å². The Morgan fingerprint density at radius 3 is 1.33 bits per heavy atom. The second-order valence-corrected chi connectivity index (χ2v) is 8.25. The zero-order valence-corrected chi connectivity index (χ0v) is 19.0. The SMILES string of the molecule is C[C-](C)C(C)(C)C1CCC(C(C)(C)[C-](C)S)CC1.[CH3-].[V+2].[V]. The summed E-state index contributed by atoms with van der Waals surface area (Å²) in [6.07, 6.45) is 5.50. The van der Waals surface area contributed by atoms with Crippen molar-refractivity contribution in [2.24, 2.45) is 22.7 Å². The van der Waals surface area contributed by atoms with Crippen molar-refractivity contribution in [3.63, 3.8) is 0 Å². The first-order chi connectivity index (χ1) is 8.10. The van der Waals surface area contributed by atoms with E-state index in [2.05, 4.69) is 61.1 Å². The Bertz CT molecular complexity index is 236. The predicted octanol–water partition coefficient (Wildman–Crippen LogP) is 6.39. The minimum atomic E-state index is 0. The Morgan fingerprint density at radius 2 is 1.10 bits per heavy atom. The fourth-order valence-electron chi connectivity index (χ4n) is 3.24. The van der Waals surface area contributed by atoms with Gasteiger partial charge in [-0.25, -0.2) is 0 Å². The van der Waals surface area contributed by atoms with Gasteiger partial charge in [0.05, 0.1) is 0 Å². The molecule has 0 N–H and O–H groups in total. The number of thiol groups is 1. The Morgan fingerprint density at radius 1 is 0.810 bits per heavy atom. The molecule has 1 rings (SSSR count). The van der Waals surface area contributed by atoms with Crippen molar-refractivity contribution >= 4 is 12.6 Å². The summed E-state index contributed by atoms with van der Waals surface area (Å²) in [5, 5.41) is 1.29. The first-order valence-electron chi connectivity index (χ1n) is 7.43. The molecule has 0 amide bonds.